The average molecular weight is 405 g/mol. The number of carbonyl (C=O) groups excluding carboxylic acids is 2. The molecule has 160 valence electrons. The summed E-state index contributed by atoms with van der Waals surface area (Å²) in [5.74, 6) is 0.661. The van der Waals surface area contributed by atoms with Crippen molar-refractivity contribution in [2.45, 2.75) is 66.7 Å². The third-order valence-corrected chi connectivity index (χ3v) is 4.21. The van der Waals surface area contributed by atoms with Gasteiger partial charge >= 0.3 is 12.0 Å². The van der Waals surface area contributed by atoms with Crippen LogP contribution in [-0.4, -0.2) is 30.8 Å². The van der Waals surface area contributed by atoms with E-state index in [1.807, 2.05) is 40.7 Å². The van der Waals surface area contributed by atoms with Crippen LogP contribution in [0, 0.1) is 5.92 Å². The minimum atomic E-state index is -0.653. The third kappa shape index (κ3) is 5.65. The van der Waals surface area contributed by atoms with E-state index in [2.05, 4.69) is 10.6 Å². The van der Waals surface area contributed by atoms with Crippen molar-refractivity contribution in [3.8, 4) is 11.5 Å². The largest absolute Gasteiger partial charge is 0.490 e. The van der Waals surface area contributed by atoms with Gasteiger partial charge in [-0.05, 0) is 58.2 Å². The van der Waals surface area contributed by atoms with Crippen LogP contribution in [0.5, 0.6) is 11.5 Å². The quantitative estimate of drug-likeness (QED) is 0.638. The van der Waals surface area contributed by atoms with Gasteiger partial charge in [0.25, 0.3) is 0 Å². The highest BCUT2D eigenvalue weighted by Gasteiger charge is 2.35. The second-order valence-electron chi connectivity index (χ2n) is 7.77. The molecule has 0 bridgehead atoms. The van der Waals surface area contributed by atoms with Crippen molar-refractivity contribution in [2.75, 3.05) is 6.61 Å². The van der Waals surface area contributed by atoms with Crippen molar-refractivity contribution in [3.63, 3.8) is 0 Å². The molecule has 0 aromatic heterocycles. The summed E-state index contributed by atoms with van der Waals surface area (Å²) < 4.78 is 17.0. The molecular weight excluding hydrogens is 372 g/mol. The van der Waals surface area contributed by atoms with Crippen LogP contribution in [-0.2, 0) is 9.53 Å². The Labute approximate surface area is 172 Å². The fourth-order valence-corrected chi connectivity index (χ4v) is 3.12. The van der Waals surface area contributed by atoms with Crippen LogP contribution in [0.25, 0.3) is 0 Å². The van der Waals surface area contributed by atoms with Gasteiger partial charge in [0.2, 0.25) is 0 Å². The minimum Gasteiger partial charge on any atom is -0.490 e. The maximum Gasteiger partial charge on any atom is 0.338 e. The highest BCUT2D eigenvalue weighted by molar-refractivity contribution is 5.95. The maximum atomic E-state index is 12.9. The van der Waals surface area contributed by atoms with Crippen molar-refractivity contribution in [1.82, 2.24) is 10.6 Å². The lowest BCUT2D eigenvalue weighted by Crippen LogP contribution is -2.47. The van der Waals surface area contributed by atoms with E-state index in [9.17, 15) is 9.59 Å². The number of carbonyl (C=O) groups is 2. The number of benzene rings is 1. The maximum absolute atomic E-state index is 12.9. The van der Waals surface area contributed by atoms with E-state index in [4.69, 9.17) is 14.2 Å². The Balaban J connectivity index is 2.56. The Kier molecular flexibility index (Phi) is 7.53. The highest BCUT2D eigenvalue weighted by Crippen LogP contribution is 2.36. The van der Waals surface area contributed by atoms with Crippen molar-refractivity contribution in [3.05, 3.63) is 35.0 Å². The van der Waals surface area contributed by atoms with Gasteiger partial charge in [-0.2, -0.15) is 0 Å². The average Bonchev–Trinajstić information content (AvgIpc) is 2.61. The first-order valence-corrected chi connectivity index (χ1v) is 10.1. The first kappa shape index (κ1) is 22.6. The lowest BCUT2D eigenvalue weighted by atomic mass is 9.91. The van der Waals surface area contributed by atoms with Gasteiger partial charge < -0.3 is 24.8 Å². The second kappa shape index (κ2) is 9.67. The monoisotopic (exact) mass is 404 g/mol. The van der Waals surface area contributed by atoms with Crippen LogP contribution in [0.2, 0.25) is 0 Å². The number of nitrogens with one attached hydrogen (secondary N) is 2. The third-order valence-electron chi connectivity index (χ3n) is 4.21. The van der Waals surface area contributed by atoms with Crippen LogP contribution < -0.4 is 20.1 Å². The summed E-state index contributed by atoms with van der Waals surface area (Å²) in [7, 11) is 0. The van der Waals surface area contributed by atoms with Crippen LogP contribution in [0.1, 0.15) is 60.1 Å². The van der Waals surface area contributed by atoms with Gasteiger partial charge in [0.15, 0.2) is 11.5 Å². The summed E-state index contributed by atoms with van der Waals surface area (Å²) in [6, 6.07) is 4.42. The molecule has 1 heterocycles. The summed E-state index contributed by atoms with van der Waals surface area (Å²) in [6.45, 7) is 13.7. The number of hydrogen-bond acceptors (Lipinski definition) is 5. The lowest BCUT2D eigenvalue weighted by molar-refractivity contribution is -0.143. The van der Waals surface area contributed by atoms with E-state index in [-0.39, 0.29) is 24.2 Å². The highest BCUT2D eigenvalue weighted by atomic mass is 16.5. The van der Waals surface area contributed by atoms with Crippen LogP contribution in [0.4, 0.5) is 4.79 Å². The van der Waals surface area contributed by atoms with Crippen molar-refractivity contribution < 1.29 is 23.8 Å². The summed E-state index contributed by atoms with van der Waals surface area (Å²) in [6.07, 6.45) is -0.287. The number of rotatable bonds is 8. The van der Waals surface area contributed by atoms with E-state index in [1.54, 1.807) is 26.0 Å². The molecule has 1 aromatic rings. The molecular formula is C22H32N2O5. The van der Waals surface area contributed by atoms with Crippen LogP contribution in [0.15, 0.2) is 29.5 Å². The molecule has 29 heavy (non-hydrogen) atoms. The van der Waals surface area contributed by atoms with Gasteiger partial charge in [-0.3, -0.25) is 0 Å². The van der Waals surface area contributed by atoms with Gasteiger partial charge in [-0.25, -0.2) is 9.59 Å². The molecule has 1 aliphatic heterocycles. The summed E-state index contributed by atoms with van der Waals surface area (Å²) in [5.41, 5.74) is 1.67. The summed E-state index contributed by atoms with van der Waals surface area (Å²) >= 11 is 0. The van der Waals surface area contributed by atoms with Gasteiger partial charge in [0.1, 0.15) is 0 Å². The Bertz CT molecular complexity index is 783. The van der Waals surface area contributed by atoms with E-state index in [0.29, 0.717) is 34.9 Å². The van der Waals surface area contributed by atoms with Gasteiger partial charge in [0, 0.05) is 5.70 Å². The smallest absolute Gasteiger partial charge is 0.338 e. The van der Waals surface area contributed by atoms with Crippen molar-refractivity contribution in [1.29, 1.82) is 0 Å². The standard InChI is InChI=1S/C22H32N2O5/c1-8-27-17-11-15(9-10-16(17)28-13(4)5)20-18(21(25)29-14(6)7)19(12(2)3)23-22(26)24-20/h9-14,20H,8H2,1-7H3,(H2,23,24,26). The summed E-state index contributed by atoms with van der Waals surface area (Å²) in [5, 5.41) is 5.62. The van der Waals surface area contributed by atoms with Crippen molar-refractivity contribution in [2.24, 2.45) is 5.92 Å². The van der Waals surface area contributed by atoms with E-state index < -0.39 is 12.0 Å². The molecule has 7 heteroatoms. The predicted octanol–water partition coefficient (Wildman–Crippen LogP) is 4.09. The number of esters is 1. The fourth-order valence-electron chi connectivity index (χ4n) is 3.12. The molecule has 7 nitrogen and oxygen atoms in total. The second-order valence-corrected chi connectivity index (χ2v) is 7.77. The zero-order valence-electron chi connectivity index (χ0n) is 18.3. The van der Waals surface area contributed by atoms with E-state index >= 15 is 0 Å². The first-order chi connectivity index (χ1) is 13.6. The molecule has 1 aliphatic rings. The zero-order chi connectivity index (χ0) is 21.7. The lowest BCUT2D eigenvalue weighted by Gasteiger charge is -2.31. The molecule has 0 saturated carbocycles. The van der Waals surface area contributed by atoms with Gasteiger partial charge in [-0.1, -0.05) is 19.9 Å². The molecule has 2 amide bonds. The van der Waals surface area contributed by atoms with Crippen molar-refractivity contribution >= 4 is 12.0 Å². The molecule has 1 aromatic carbocycles. The number of ether oxygens (including phenoxy) is 3. The number of urea groups is 1. The molecule has 1 atom stereocenters. The molecule has 0 saturated heterocycles. The summed E-state index contributed by atoms with van der Waals surface area (Å²) in [4.78, 5) is 25.2. The van der Waals surface area contributed by atoms with Crippen LogP contribution in [0.3, 0.4) is 0 Å². The Morgan fingerprint density at radius 2 is 1.76 bits per heavy atom. The molecule has 0 aliphatic carbocycles. The Hall–Kier alpha value is -2.70. The molecule has 0 fully saturated rings. The Morgan fingerprint density at radius 3 is 2.31 bits per heavy atom. The molecule has 1 unspecified atom stereocenters. The fraction of sp³-hybridized carbons (Fsp3) is 0.545. The normalized spacial score (nSPS) is 16.8. The molecule has 2 rings (SSSR count). The zero-order valence-corrected chi connectivity index (χ0v) is 18.3. The molecule has 0 spiro atoms. The molecule has 0 radical (unpaired) electrons. The molecule has 2 N–H and O–H groups in total. The number of amides is 2. The van der Waals surface area contributed by atoms with E-state index in [1.165, 1.54) is 0 Å². The van der Waals surface area contributed by atoms with E-state index in [0.717, 1.165) is 0 Å². The predicted molar refractivity (Wildman–Crippen MR) is 111 cm³/mol. The van der Waals surface area contributed by atoms with Crippen LogP contribution >= 0.6 is 0 Å². The first-order valence-electron chi connectivity index (χ1n) is 10.1. The number of hydrogen-bond donors (Lipinski definition) is 2. The minimum absolute atomic E-state index is 0.0114. The topological polar surface area (TPSA) is 85.9 Å². The van der Waals surface area contributed by atoms with Gasteiger partial charge in [-0.15, -0.1) is 0 Å². The SMILES string of the molecule is CCOc1cc(C2NC(=O)NC(C(C)C)=C2C(=O)OC(C)C)ccc1OC(C)C. The Morgan fingerprint density at radius 1 is 1.07 bits per heavy atom. The van der Waals surface area contributed by atoms with Gasteiger partial charge in [0.05, 0.1) is 30.4 Å². The number of allylic oxidation sites excluding steroid dienone is 1.